The van der Waals surface area contributed by atoms with E-state index in [-0.39, 0.29) is 0 Å². The van der Waals surface area contributed by atoms with Gasteiger partial charge in [-0.15, -0.1) is 0 Å². The molecule has 0 aromatic carbocycles. The van der Waals surface area contributed by atoms with E-state index in [1.165, 1.54) is 51.4 Å². The lowest BCUT2D eigenvalue weighted by molar-refractivity contribution is 0.154. The molecule has 0 nitrogen and oxygen atoms in total. The second-order valence-electron chi connectivity index (χ2n) is 8.52. The van der Waals surface area contributed by atoms with Crippen molar-refractivity contribution in [1.82, 2.24) is 0 Å². The van der Waals surface area contributed by atoms with Crippen molar-refractivity contribution in [2.75, 3.05) is 0 Å². The van der Waals surface area contributed by atoms with Gasteiger partial charge in [-0.2, -0.15) is 0 Å². The minimum atomic E-state index is 1.06. The van der Waals surface area contributed by atoms with Crippen LogP contribution < -0.4 is 0 Å². The molecule has 0 bridgehead atoms. The van der Waals surface area contributed by atoms with Gasteiger partial charge in [0.25, 0.3) is 0 Å². The molecule has 0 N–H and O–H groups in total. The Morgan fingerprint density at radius 1 is 0.727 bits per heavy atom. The lowest BCUT2D eigenvalue weighted by Crippen LogP contribution is -2.25. The number of hydrogen-bond donors (Lipinski definition) is 0. The third-order valence-corrected chi connectivity index (χ3v) is 7.06. The van der Waals surface area contributed by atoms with Gasteiger partial charge in [-0.1, -0.05) is 85.0 Å². The second kappa shape index (κ2) is 9.99. The molecule has 2 aliphatic rings. The van der Waals surface area contributed by atoms with Gasteiger partial charge in [0.2, 0.25) is 0 Å². The first-order chi connectivity index (χ1) is 10.8. The van der Waals surface area contributed by atoms with Crippen LogP contribution >= 0.6 is 0 Å². The first-order valence-electron chi connectivity index (χ1n) is 10.8. The molecule has 2 fully saturated rings. The lowest BCUT2D eigenvalue weighted by atomic mass is 9.71. The fourth-order valence-electron chi connectivity index (χ4n) is 5.69. The standard InChI is InChI=1S/C22H42/c1-4-7-9-10-11-13-21-19(12-8-5-2)17-20-15-14-18(6-3)16-22(20)21/h18-22H,4-17H2,1-3H3. The van der Waals surface area contributed by atoms with Crippen LogP contribution in [0.15, 0.2) is 0 Å². The zero-order chi connectivity index (χ0) is 15.8. The third kappa shape index (κ3) is 5.00. The Bertz CT molecular complexity index is 282. The molecule has 22 heavy (non-hydrogen) atoms. The van der Waals surface area contributed by atoms with Crippen molar-refractivity contribution >= 4 is 0 Å². The van der Waals surface area contributed by atoms with Crippen LogP contribution in [0, 0.1) is 29.6 Å². The molecular weight excluding hydrogens is 264 g/mol. The molecule has 0 saturated heterocycles. The highest BCUT2D eigenvalue weighted by molar-refractivity contribution is 4.94. The molecule has 0 aromatic heterocycles. The Morgan fingerprint density at radius 2 is 1.50 bits per heavy atom. The molecule has 130 valence electrons. The molecule has 2 aliphatic carbocycles. The minimum absolute atomic E-state index is 1.06. The monoisotopic (exact) mass is 306 g/mol. The highest BCUT2D eigenvalue weighted by Gasteiger charge is 2.44. The van der Waals surface area contributed by atoms with E-state index in [2.05, 4.69) is 20.8 Å². The molecule has 2 rings (SSSR count). The zero-order valence-corrected chi connectivity index (χ0v) is 15.8. The summed E-state index contributed by atoms with van der Waals surface area (Å²) < 4.78 is 0. The Morgan fingerprint density at radius 3 is 2.23 bits per heavy atom. The van der Waals surface area contributed by atoms with E-state index in [0.29, 0.717) is 0 Å². The Labute approximate surface area is 140 Å². The maximum atomic E-state index is 2.42. The molecule has 5 unspecified atom stereocenters. The van der Waals surface area contributed by atoms with Crippen molar-refractivity contribution in [3.63, 3.8) is 0 Å². The summed E-state index contributed by atoms with van der Waals surface area (Å²) in [6.45, 7) is 7.12. The summed E-state index contributed by atoms with van der Waals surface area (Å²) in [6.07, 6.45) is 21.0. The van der Waals surface area contributed by atoms with Crippen LogP contribution in [0.25, 0.3) is 0 Å². The summed E-state index contributed by atoms with van der Waals surface area (Å²) in [5, 5.41) is 0. The van der Waals surface area contributed by atoms with Crippen molar-refractivity contribution < 1.29 is 0 Å². The van der Waals surface area contributed by atoms with Crippen LogP contribution in [-0.2, 0) is 0 Å². The maximum absolute atomic E-state index is 2.42. The largest absolute Gasteiger partial charge is 0.0654 e. The fourth-order valence-corrected chi connectivity index (χ4v) is 5.69. The van der Waals surface area contributed by atoms with E-state index in [0.717, 1.165) is 29.6 Å². The molecule has 0 heteroatoms. The maximum Gasteiger partial charge on any atom is -0.0352 e. The first-order valence-corrected chi connectivity index (χ1v) is 10.8. The summed E-state index contributed by atoms with van der Waals surface area (Å²) in [5.41, 5.74) is 0. The average molecular weight is 307 g/mol. The Balaban J connectivity index is 1.86. The molecule has 0 aromatic rings. The number of hydrogen-bond acceptors (Lipinski definition) is 0. The predicted molar refractivity (Wildman–Crippen MR) is 99.1 cm³/mol. The van der Waals surface area contributed by atoms with Gasteiger partial charge in [0.05, 0.1) is 0 Å². The fraction of sp³-hybridized carbons (Fsp3) is 1.00. The van der Waals surface area contributed by atoms with Crippen molar-refractivity contribution in [2.45, 2.75) is 111 Å². The van der Waals surface area contributed by atoms with Crippen molar-refractivity contribution in [1.29, 1.82) is 0 Å². The molecule has 5 atom stereocenters. The topological polar surface area (TPSA) is 0 Å². The third-order valence-electron chi connectivity index (χ3n) is 7.06. The Kier molecular flexibility index (Phi) is 8.33. The Hall–Kier alpha value is 0. The van der Waals surface area contributed by atoms with Crippen LogP contribution in [0.4, 0.5) is 0 Å². The van der Waals surface area contributed by atoms with Gasteiger partial charge in [0, 0.05) is 0 Å². The molecule has 0 radical (unpaired) electrons. The summed E-state index contributed by atoms with van der Waals surface area (Å²) in [7, 11) is 0. The average Bonchev–Trinajstić information content (AvgIpc) is 2.89. The van der Waals surface area contributed by atoms with Crippen molar-refractivity contribution in [3.8, 4) is 0 Å². The van der Waals surface area contributed by atoms with E-state index >= 15 is 0 Å². The molecular formula is C22H42. The van der Waals surface area contributed by atoms with Crippen molar-refractivity contribution in [3.05, 3.63) is 0 Å². The molecule has 0 aliphatic heterocycles. The number of unbranched alkanes of at least 4 members (excludes halogenated alkanes) is 5. The van der Waals surface area contributed by atoms with Gasteiger partial charge in [0.1, 0.15) is 0 Å². The summed E-state index contributed by atoms with van der Waals surface area (Å²) in [5.74, 6) is 5.50. The molecule has 2 saturated carbocycles. The first kappa shape index (κ1) is 18.3. The summed E-state index contributed by atoms with van der Waals surface area (Å²) in [6, 6.07) is 0. The van der Waals surface area contributed by atoms with E-state index in [9.17, 15) is 0 Å². The molecule has 0 spiro atoms. The van der Waals surface area contributed by atoms with Gasteiger partial charge in [0.15, 0.2) is 0 Å². The van der Waals surface area contributed by atoms with Crippen LogP contribution in [0.1, 0.15) is 111 Å². The lowest BCUT2D eigenvalue weighted by Gasteiger charge is -2.35. The van der Waals surface area contributed by atoms with Gasteiger partial charge in [-0.05, 0) is 55.3 Å². The van der Waals surface area contributed by atoms with Crippen molar-refractivity contribution in [2.24, 2.45) is 29.6 Å². The van der Waals surface area contributed by atoms with Crippen LogP contribution in [0.3, 0.4) is 0 Å². The normalized spacial score (nSPS) is 34.8. The van der Waals surface area contributed by atoms with E-state index < -0.39 is 0 Å². The van der Waals surface area contributed by atoms with E-state index in [4.69, 9.17) is 0 Å². The van der Waals surface area contributed by atoms with E-state index in [1.807, 2.05) is 0 Å². The smallest absolute Gasteiger partial charge is 0.0352 e. The SMILES string of the molecule is CCCCCCCC1C(CCCC)CC2CCC(CC)CC21. The van der Waals surface area contributed by atoms with Gasteiger partial charge >= 0.3 is 0 Å². The van der Waals surface area contributed by atoms with Gasteiger partial charge in [-0.25, -0.2) is 0 Å². The number of rotatable bonds is 10. The van der Waals surface area contributed by atoms with Crippen LogP contribution in [0.5, 0.6) is 0 Å². The van der Waals surface area contributed by atoms with Crippen LogP contribution in [-0.4, -0.2) is 0 Å². The zero-order valence-electron chi connectivity index (χ0n) is 15.8. The molecule has 0 heterocycles. The molecule has 0 amide bonds. The highest BCUT2D eigenvalue weighted by atomic mass is 14.5. The van der Waals surface area contributed by atoms with Gasteiger partial charge < -0.3 is 0 Å². The predicted octanol–water partition coefficient (Wildman–Crippen LogP) is 7.62. The minimum Gasteiger partial charge on any atom is -0.0654 e. The van der Waals surface area contributed by atoms with Gasteiger partial charge in [-0.3, -0.25) is 0 Å². The van der Waals surface area contributed by atoms with E-state index in [1.54, 1.807) is 38.5 Å². The quantitative estimate of drug-likeness (QED) is 0.364. The summed E-state index contributed by atoms with van der Waals surface area (Å²) in [4.78, 5) is 0. The highest BCUT2D eigenvalue weighted by Crippen LogP contribution is 2.53. The second-order valence-corrected chi connectivity index (χ2v) is 8.52. The summed E-state index contributed by atoms with van der Waals surface area (Å²) >= 11 is 0. The number of fused-ring (bicyclic) bond motifs is 1. The van der Waals surface area contributed by atoms with Crippen LogP contribution in [0.2, 0.25) is 0 Å².